The van der Waals surface area contributed by atoms with Crippen molar-refractivity contribution >= 4 is 5.91 Å². The van der Waals surface area contributed by atoms with E-state index in [9.17, 15) is 9.59 Å². The minimum absolute atomic E-state index is 0.238. The number of H-pyrrole nitrogens is 1. The van der Waals surface area contributed by atoms with Crippen LogP contribution in [0, 0.1) is 5.92 Å². The third-order valence-corrected chi connectivity index (χ3v) is 4.85. The molecule has 114 valence electrons. The van der Waals surface area contributed by atoms with Gasteiger partial charge in [-0.2, -0.15) is 0 Å². The zero-order chi connectivity index (χ0) is 14.7. The van der Waals surface area contributed by atoms with Crippen LogP contribution in [0.3, 0.4) is 0 Å². The molecule has 2 heterocycles. The number of aromatic amines is 1. The van der Waals surface area contributed by atoms with E-state index in [0.717, 1.165) is 31.6 Å². The van der Waals surface area contributed by atoms with Crippen LogP contribution in [-0.4, -0.2) is 33.9 Å². The van der Waals surface area contributed by atoms with Crippen LogP contribution in [0.15, 0.2) is 17.1 Å². The maximum atomic E-state index is 12.4. The summed E-state index contributed by atoms with van der Waals surface area (Å²) in [5, 5.41) is 0. The quantitative estimate of drug-likeness (QED) is 0.926. The molecule has 0 aromatic carbocycles. The van der Waals surface area contributed by atoms with Gasteiger partial charge in [-0.25, -0.2) is 9.78 Å². The fourth-order valence-electron chi connectivity index (χ4n) is 3.67. The highest BCUT2D eigenvalue weighted by Gasteiger charge is 2.27. The van der Waals surface area contributed by atoms with E-state index in [1.807, 2.05) is 11.0 Å². The Kier molecular flexibility index (Phi) is 4.36. The fraction of sp³-hybridized carbons (Fsp3) is 0.688. The number of nitrogens with zero attached hydrogens (tertiary/aromatic N) is 2. The number of likely N-dealkylation sites (tertiary alicyclic amines) is 1. The van der Waals surface area contributed by atoms with Gasteiger partial charge in [0.2, 0.25) is 5.91 Å². The first-order chi connectivity index (χ1) is 10.2. The molecular formula is C16H23N3O2. The molecule has 1 amide bonds. The van der Waals surface area contributed by atoms with Crippen molar-refractivity contribution in [3.8, 4) is 0 Å². The van der Waals surface area contributed by atoms with Gasteiger partial charge in [0.25, 0.3) is 0 Å². The summed E-state index contributed by atoms with van der Waals surface area (Å²) in [5.74, 6) is 1.13. The first kappa shape index (κ1) is 14.3. The van der Waals surface area contributed by atoms with Crippen molar-refractivity contribution in [1.29, 1.82) is 0 Å². The Morgan fingerprint density at radius 2 is 2.10 bits per heavy atom. The van der Waals surface area contributed by atoms with Crippen LogP contribution in [0.2, 0.25) is 0 Å². The van der Waals surface area contributed by atoms with Crippen molar-refractivity contribution in [1.82, 2.24) is 14.9 Å². The maximum absolute atomic E-state index is 12.4. The van der Waals surface area contributed by atoms with Crippen molar-refractivity contribution in [3.05, 3.63) is 28.4 Å². The Morgan fingerprint density at radius 1 is 1.29 bits per heavy atom. The third kappa shape index (κ3) is 3.52. The average Bonchev–Trinajstić information content (AvgIpc) is 3.00. The first-order valence-electron chi connectivity index (χ1n) is 8.05. The van der Waals surface area contributed by atoms with E-state index < -0.39 is 0 Å². The molecule has 1 aromatic rings. The predicted molar refractivity (Wildman–Crippen MR) is 80.0 cm³/mol. The second kappa shape index (κ2) is 6.41. The van der Waals surface area contributed by atoms with Gasteiger partial charge in [-0.05, 0) is 37.7 Å². The average molecular weight is 289 g/mol. The molecule has 1 aliphatic carbocycles. The summed E-state index contributed by atoms with van der Waals surface area (Å²) >= 11 is 0. The lowest BCUT2D eigenvalue weighted by atomic mass is 9.93. The fourth-order valence-corrected chi connectivity index (χ4v) is 3.67. The topological polar surface area (TPSA) is 66.1 Å². The SMILES string of the molecule is O=C(CC1CCCC1)N1CCCC(c2ccnc(=O)[nH]2)C1. The van der Waals surface area contributed by atoms with Crippen molar-refractivity contribution in [2.75, 3.05) is 13.1 Å². The number of hydrogen-bond acceptors (Lipinski definition) is 3. The lowest BCUT2D eigenvalue weighted by Gasteiger charge is -2.33. The van der Waals surface area contributed by atoms with Crippen molar-refractivity contribution in [2.45, 2.75) is 50.9 Å². The molecule has 2 aliphatic rings. The van der Waals surface area contributed by atoms with Gasteiger partial charge >= 0.3 is 5.69 Å². The van der Waals surface area contributed by atoms with Crippen LogP contribution < -0.4 is 5.69 Å². The number of hydrogen-bond donors (Lipinski definition) is 1. The largest absolute Gasteiger partial charge is 0.345 e. The number of piperidine rings is 1. The van der Waals surface area contributed by atoms with E-state index in [2.05, 4.69) is 9.97 Å². The molecule has 1 N–H and O–H groups in total. The molecule has 2 fully saturated rings. The van der Waals surface area contributed by atoms with Gasteiger partial charge < -0.3 is 9.88 Å². The van der Waals surface area contributed by atoms with Gasteiger partial charge in [0.15, 0.2) is 0 Å². The minimum atomic E-state index is -0.304. The summed E-state index contributed by atoms with van der Waals surface area (Å²) in [6.45, 7) is 1.59. The molecule has 1 saturated carbocycles. The highest BCUT2D eigenvalue weighted by Crippen LogP contribution is 2.30. The van der Waals surface area contributed by atoms with E-state index in [1.54, 1.807) is 6.20 Å². The van der Waals surface area contributed by atoms with Gasteiger partial charge in [0.1, 0.15) is 0 Å². The Hall–Kier alpha value is -1.65. The molecule has 21 heavy (non-hydrogen) atoms. The van der Waals surface area contributed by atoms with Crippen LogP contribution in [-0.2, 0) is 4.79 Å². The number of carbonyl (C=O) groups is 1. The standard InChI is InChI=1S/C16H23N3O2/c20-15(10-12-4-1-2-5-12)19-9-3-6-13(11-19)14-7-8-17-16(21)18-14/h7-8,12-13H,1-6,9-11H2,(H,17,18,21). The van der Waals surface area contributed by atoms with E-state index >= 15 is 0 Å². The van der Waals surface area contributed by atoms with Crippen LogP contribution in [0.25, 0.3) is 0 Å². The third-order valence-electron chi connectivity index (χ3n) is 4.85. The number of nitrogens with one attached hydrogen (secondary N) is 1. The number of rotatable bonds is 3. The van der Waals surface area contributed by atoms with Gasteiger partial charge in [-0.3, -0.25) is 4.79 Å². The number of carbonyl (C=O) groups excluding carboxylic acids is 1. The van der Waals surface area contributed by atoms with Gasteiger partial charge in [0, 0.05) is 37.3 Å². The predicted octanol–water partition coefficient (Wildman–Crippen LogP) is 2.06. The smallest absolute Gasteiger partial charge is 0.342 e. The summed E-state index contributed by atoms with van der Waals surface area (Å²) in [5.41, 5.74) is 0.607. The van der Waals surface area contributed by atoms with E-state index in [-0.39, 0.29) is 11.6 Å². The maximum Gasteiger partial charge on any atom is 0.345 e. The molecule has 1 aromatic heterocycles. The molecule has 5 heteroatoms. The van der Waals surface area contributed by atoms with Crippen molar-refractivity contribution in [2.24, 2.45) is 5.92 Å². The summed E-state index contributed by atoms with van der Waals surface area (Å²) in [4.78, 5) is 32.2. The molecule has 1 unspecified atom stereocenters. The minimum Gasteiger partial charge on any atom is -0.342 e. The Labute approximate surface area is 124 Å². The van der Waals surface area contributed by atoms with E-state index in [4.69, 9.17) is 0 Å². The zero-order valence-electron chi connectivity index (χ0n) is 12.4. The molecule has 0 bridgehead atoms. The summed E-state index contributed by atoms with van der Waals surface area (Å²) in [7, 11) is 0. The van der Waals surface area contributed by atoms with Crippen molar-refractivity contribution in [3.63, 3.8) is 0 Å². The highest BCUT2D eigenvalue weighted by molar-refractivity contribution is 5.76. The molecule has 3 rings (SSSR count). The number of amides is 1. The van der Waals surface area contributed by atoms with Crippen LogP contribution >= 0.6 is 0 Å². The van der Waals surface area contributed by atoms with E-state index in [0.29, 0.717) is 18.2 Å². The molecule has 5 nitrogen and oxygen atoms in total. The molecule has 1 aliphatic heterocycles. The molecule has 0 radical (unpaired) electrons. The summed E-state index contributed by atoms with van der Waals surface area (Å²) in [6.07, 6.45) is 9.25. The zero-order valence-corrected chi connectivity index (χ0v) is 12.4. The normalized spacial score (nSPS) is 23.4. The number of aromatic nitrogens is 2. The van der Waals surface area contributed by atoms with Crippen LogP contribution in [0.5, 0.6) is 0 Å². The first-order valence-corrected chi connectivity index (χ1v) is 8.05. The van der Waals surface area contributed by atoms with Crippen LogP contribution in [0.1, 0.15) is 56.6 Å². The van der Waals surface area contributed by atoms with Crippen molar-refractivity contribution < 1.29 is 4.79 Å². The Bertz CT molecular complexity index is 548. The lowest BCUT2D eigenvalue weighted by Crippen LogP contribution is -2.40. The summed E-state index contributed by atoms with van der Waals surface area (Å²) < 4.78 is 0. The molecule has 0 spiro atoms. The highest BCUT2D eigenvalue weighted by atomic mass is 16.2. The molecule has 1 atom stereocenters. The molecule has 1 saturated heterocycles. The van der Waals surface area contributed by atoms with Gasteiger partial charge in [-0.1, -0.05) is 12.8 Å². The molecular weight excluding hydrogens is 266 g/mol. The summed E-state index contributed by atoms with van der Waals surface area (Å²) in [6, 6.07) is 1.86. The monoisotopic (exact) mass is 289 g/mol. The second-order valence-electron chi connectivity index (χ2n) is 6.36. The van der Waals surface area contributed by atoms with Gasteiger partial charge in [-0.15, -0.1) is 0 Å². The Morgan fingerprint density at radius 3 is 2.86 bits per heavy atom. The van der Waals surface area contributed by atoms with Gasteiger partial charge in [0.05, 0.1) is 0 Å². The van der Waals surface area contributed by atoms with Crippen LogP contribution in [0.4, 0.5) is 0 Å². The lowest BCUT2D eigenvalue weighted by molar-refractivity contribution is -0.133. The van der Waals surface area contributed by atoms with E-state index in [1.165, 1.54) is 25.7 Å². The second-order valence-corrected chi connectivity index (χ2v) is 6.36. The Balaban J connectivity index is 1.62.